The average Bonchev–Trinajstić information content (AvgIpc) is 2.59. The van der Waals surface area contributed by atoms with Gasteiger partial charge in [0.2, 0.25) is 5.91 Å². The molecule has 17 heavy (non-hydrogen) atoms. The molecular weight excluding hydrogens is 237 g/mol. The number of ether oxygens (including phenoxy) is 1. The van der Waals surface area contributed by atoms with E-state index >= 15 is 0 Å². The van der Waals surface area contributed by atoms with Gasteiger partial charge in [0.1, 0.15) is 12.1 Å². The van der Waals surface area contributed by atoms with Gasteiger partial charge in [0, 0.05) is 6.42 Å². The molecule has 1 saturated carbocycles. The molecule has 0 aromatic carbocycles. The van der Waals surface area contributed by atoms with Crippen LogP contribution in [0.5, 0.6) is 0 Å². The van der Waals surface area contributed by atoms with Crippen LogP contribution >= 0.6 is 0 Å². The Morgan fingerprint density at radius 2 is 2.24 bits per heavy atom. The fraction of sp³-hybridized carbons (Fsp3) is 0.900. The number of nitrogens with two attached hydrogens (primary N) is 1. The van der Waals surface area contributed by atoms with Crippen molar-refractivity contribution in [3.8, 4) is 0 Å². The normalized spacial score (nSPS) is 29.5. The van der Waals surface area contributed by atoms with Crippen LogP contribution in [-0.2, 0) is 9.53 Å². The molecule has 1 amide bonds. The third-order valence-electron chi connectivity index (χ3n) is 2.94. The Kier molecular flexibility index (Phi) is 4.37. The van der Waals surface area contributed by atoms with Crippen LogP contribution < -0.4 is 11.1 Å². The Balaban J connectivity index is 2.52. The van der Waals surface area contributed by atoms with E-state index in [2.05, 4.69) is 5.32 Å². The van der Waals surface area contributed by atoms with E-state index < -0.39 is 30.3 Å². The second-order valence-corrected chi connectivity index (χ2v) is 4.27. The molecule has 3 N–H and O–H groups in total. The lowest BCUT2D eigenvalue weighted by molar-refractivity contribution is -0.185. The lowest BCUT2D eigenvalue weighted by Gasteiger charge is -2.26. The number of amides is 1. The third-order valence-corrected chi connectivity index (χ3v) is 2.94. The molecular formula is C10H17F3N2O2. The highest BCUT2D eigenvalue weighted by Crippen LogP contribution is 2.32. The number of primary amides is 1. The van der Waals surface area contributed by atoms with Gasteiger partial charge in [-0.05, 0) is 19.4 Å². The van der Waals surface area contributed by atoms with Crippen molar-refractivity contribution in [1.29, 1.82) is 0 Å². The van der Waals surface area contributed by atoms with Crippen molar-refractivity contribution in [1.82, 2.24) is 5.32 Å². The summed E-state index contributed by atoms with van der Waals surface area (Å²) in [6, 6.07) is 0. The number of carbonyl (C=O) groups excluding carboxylic acids is 1. The van der Waals surface area contributed by atoms with Gasteiger partial charge < -0.3 is 15.8 Å². The van der Waals surface area contributed by atoms with E-state index in [1.54, 1.807) is 0 Å². The summed E-state index contributed by atoms with van der Waals surface area (Å²) in [7, 11) is 0. The molecule has 0 aliphatic heterocycles. The lowest BCUT2D eigenvalue weighted by atomic mass is 9.96. The topological polar surface area (TPSA) is 64.3 Å². The maximum Gasteiger partial charge on any atom is 0.411 e. The van der Waals surface area contributed by atoms with Crippen molar-refractivity contribution < 1.29 is 22.7 Å². The summed E-state index contributed by atoms with van der Waals surface area (Å²) >= 11 is 0. The first-order valence-corrected chi connectivity index (χ1v) is 5.52. The summed E-state index contributed by atoms with van der Waals surface area (Å²) in [5, 5.41) is 2.95. The summed E-state index contributed by atoms with van der Waals surface area (Å²) in [5.74, 6) is -0.530. The van der Waals surface area contributed by atoms with Crippen molar-refractivity contribution in [2.45, 2.75) is 44.0 Å². The monoisotopic (exact) mass is 254 g/mol. The van der Waals surface area contributed by atoms with Crippen LogP contribution in [0, 0.1) is 0 Å². The van der Waals surface area contributed by atoms with Gasteiger partial charge in [-0.25, -0.2) is 0 Å². The fourth-order valence-corrected chi connectivity index (χ4v) is 2.16. The van der Waals surface area contributed by atoms with Crippen LogP contribution in [0.4, 0.5) is 13.2 Å². The summed E-state index contributed by atoms with van der Waals surface area (Å²) < 4.78 is 40.7. The highest BCUT2D eigenvalue weighted by Gasteiger charge is 2.44. The number of hydrogen-bond donors (Lipinski definition) is 2. The van der Waals surface area contributed by atoms with Crippen LogP contribution in [0.15, 0.2) is 0 Å². The highest BCUT2D eigenvalue weighted by atomic mass is 19.4. The minimum atomic E-state index is -4.34. The number of likely N-dealkylation sites (N-methyl/N-ethyl adjacent to an activating group) is 1. The molecule has 0 aromatic rings. The van der Waals surface area contributed by atoms with Crippen molar-refractivity contribution in [3.63, 3.8) is 0 Å². The zero-order valence-corrected chi connectivity index (χ0v) is 9.64. The van der Waals surface area contributed by atoms with Crippen molar-refractivity contribution >= 4 is 5.91 Å². The van der Waals surface area contributed by atoms with Crippen LogP contribution in [-0.4, -0.2) is 36.9 Å². The lowest BCUT2D eigenvalue weighted by Crippen LogP contribution is -2.54. The second-order valence-electron chi connectivity index (χ2n) is 4.27. The number of alkyl halides is 3. The van der Waals surface area contributed by atoms with Crippen molar-refractivity contribution in [2.24, 2.45) is 5.73 Å². The van der Waals surface area contributed by atoms with E-state index in [1.807, 2.05) is 6.92 Å². The predicted molar refractivity (Wildman–Crippen MR) is 55.2 cm³/mol. The van der Waals surface area contributed by atoms with Crippen LogP contribution in [0.25, 0.3) is 0 Å². The Bertz CT molecular complexity index is 283. The highest BCUT2D eigenvalue weighted by molar-refractivity contribution is 5.85. The summed E-state index contributed by atoms with van der Waals surface area (Å²) in [4.78, 5) is 11.3. The van der Waals surface area contributed by atoms with E-state index in [9.17, 15) is 18.0 Å². The van der Waals surface area contributed by atoms with E-state index in [4.69, 9.17) is 10.5 Å². The van der Waals surface area contributed by atoms with Gasteiger partial charge in [-0.1, -0.05) is 6.92 Å². The van der Waals surface area contributed by atoms with Gasteiger partial charge in [-0.15, -0.1) is 0 Å². The van der Waals surface area contributed by atoms with Crippen molar-refractivity contribution in [2.75, 3.05) is 13.2 Å². The number of hydrogen-bond acceptors (Lipinski definition) is 3. The molecule has 0 spiro atoms. The summed E-state index contributed by atoms with van der Waals surface area (Å²) in [5.41, 5.74) is 4.37. The van der Waals surface area contributed by atoms with Crippen molar-refractivity contribution in [3.05, 3.63) is 0 Å². The number of nitrogens with one attached hydrogen (secondary N) is 1. The molecule has 1 aliphatic carbocycles. The van der Waals surface area contributed by atoms with E-state index in [1.165, 1.54) is 0 Å². The Morgan fingerprint density at radius 3 is 2.71 bits per heavy atom. The largest absolute Gasteiger partial charge is 0.411 e. The zero-order valence-electron chi connectivity index (χ0n) is 9.64. The molecule has 1 rings (SSSR count). The first-order valence-electron chi connectivity index (χ1n) is 5.52. The smallest absolute Gasteiger partial charge is 0.369 e. The molecule has 1 fully saturated rings. The molecule has 7 heteroatoms. The fourth-order valence-electron chi connectivity index (χ4n) is 2.16. The van der Waals surface area contributed by atoms with E-state index in [0.717, 1.165) is 0 Å². The van der Waals surface area contributed by atoms with Gasteiger partial charge in [-0.2, -0.15) is 13.2 Å². The zero-order chi connectivity index (χ0) is 13.1. The average molecular weight is 254 g/mol. The molecule has 0 heterocycles. The first-order chi connectivity index (χ1) is 7.79. The predicted octanol–water partition coefficient (Wildman–Crippen LogP) is 0.951. The molecule has 0 aromatic heterocycles. The van der Waals surface area contributed by atoms with Gasteiger partial charge in [0.25, 0.3) is 0 Å². The molecule has 0 radical (unpaired) electrons. The quantitative estimate of drug-likeness (QED) is 0.767. The summed E-state index contributed by atoms with van der Waals surface area (Å²) in [6.45, 7) is 1.07. The van der Waals surface area contributed by atoms with Gasteiger partial charge in [0.15, 0.2) is 0 Å². The molecule has 1 aliphatic rings. The first kappa shape index (κ1) is 14.2. The van der Waals surface area contributed by atoms with Crippen LogP contribution in [0.1, 0.15) is 26.2 Å². The SMILES string of the molecule is CCNC1(C(N)=O)CCC(OCC(F)(F)F)C1. The Labute approximate surface area is 97.7 Å². The molecule has 0 bridgehead atoms. The Morgan fingerprint density at radius 1 is 1.59 bits per heavy atom. The molecule has 4 nitrogen and oxygen atoms in total. The van der Waals surface area contributed by atoms with E-state index in [-0.39, 0.29) is 6.42 Å². The third kappa shape index (κ3) is 3.85. The number of halogens is 3. The minimum absolute atomic E-state index is 0.201. The standard InChI is InChI=1S/C10H17F3N2O2/c1-2-15-9(8(14)16)4-3-7(5-9)17-6-10(11,12)13/h7,15H,2-6H2,1H3,(H2,14,16). The molecule has 2 unspecified atom stereocenters. The summed E-state index contributed by atoms with van der Waals surface area (Å²) in [6.07, 6.45) is -3.88. The maximum absolute atomic E-state index is 12.0. The maximum atomic E-state index is 12.0. The van der Waals surface area contributed by atoms with Gasteiger partial charge >= 0.3 is 6.18 Å². The van der Waals surface area contributed by atoms with Crippen LogP contribution in [0.3, 0.4) is 0 Å². The second kappa shape index (κ2) is 5.22. The molecule has 0 saturated heterocycles. The van der Waals surface area contributed by atoms with Gasteiger partial charge in [-0.3, -0.25) is 4.79 Å². The molecule has 100 valence electrons. The Hall–Kier alpha value is -0.820. The number of rotatable bonds is 5. The van der Waals surface area contributed by atoms with Gasteiger partial charge in [0.05, 0.1) is 6.10 Å². The minimum Gasteiger partial charge on any atom is -0.369 e. The number of carbonyl (C=O) groups is 1. The molecule has 2 atom stereocenters. The van der Waals surface area contributed by atoms with E-state index in [0.29, 0.717) is 19.4 Å². The van der Waals surface area contributed by atoms with Crippen LogP contribution in [0.2, 0.25) is 0 Å².